The van der Waals surface area contributed by atoms with E-state index in [1.165, 1.54) is 13.5 Å². The molecule has 112 valence electrons. The van der Waals surface area contributed by atoms with Gasteiger partial charge in [0.25, 0.3) is 0 Å². The lowest BCUT2D eigenvalue weighted by Gasteiger charge is -2.29. The van der Waals surface area contributed by atoms with Crippen molar-refractivity contribution in [3.05, 3.63) is 23.8 Å². The molecule has 0 unspecified atom stereocenters. The minimum absolute atomic E-state index is 0.0268. The van der Waals surface area contributed by atoms with Crippen molar-refractivity contribution in [2.75, 3.05) is 7.11 Å². The molecule has 0 aliphatic heterocycles. The average molecular weight is 297 g/mol. The predicted octanol–water partition coefficient (Wildman–Crippen LogP) is 2.86. The molecule has 5 heteroatoms. The van der Waals surface area contributed by atoms with Gasteiger partial charge in [0, 0.05) is 6.04 Å². The van der Waals surface area contributed by atoms with Crippen LogP contribution in [0.5, 0.6) is 5.75 Å². The van der Waals surface area contributed by atoms with Gasteiger partial charge in [-0.05, 0) is 43.4 Å². The van der Waals surface area contributed by atoms with Crippen molar-refractivity contribution in [1.82, 2.24) is 4.72 Å². The van der Waals surface area contributed by atoms with Crippen molar-refractivity contribution in [3.8, 4) is 5.75 Å². The summed E-state index contributed by atoms with van der Waals surface area (Å²) in [5, 5.41) is 0. The van der Waals surface area contributed by atoms with Crippen molar-refractivity contribution >= 4 is 10.0 Å². The van der Waals surface area contributed by atoms with E-state index in [9.17, 15) is 8.42 Å². The highest BCUT2D eigenvalue weighted by Crippen LogP contribution is 2.28. The van der Waals surface area contributed by atoms with E-state index in [1.54, 1.807) is 12.1 Å². The molecule has 1 aromatic carbocycles. The van der Waals surface area contributed by atoms with E-state index >= 15 is 0 Å². The molecule has 2 atom stereocenters. The first kappa shape index (κ1) is 15.3. The molecule has 0 saturated heterocycles. The number of methoxy groups -OCH3 is 1. The standard InChI is InChI=1S/C15H23NO3S/c1-11-8-9-14(19-3)15(10-11)20(17,18)16-13-7-5-4-6-12(13)2/h8-10,12-13,16H,4-7H2,1-3H3/t12-,13+/m1/s1. The van der Waals surface area contributed by atoms with Gasteiger partial charge in [-0.25, -0.2) is 13.1 Å². The van der Waals surface area contributed by atoms with Crippen LogP contribution in [0.1, 0.15) is 38.2 Å². The fourth-order valence-corrected chi connectivity index (χ4v) is 4.38. The lowest BCUT2D eigenvalue weighted by atomic mass is 9.87. The van der Waals surface area contributed by atoms with Gasteiger partial charge < -0.3 is 4.74 Å². The first-order valence-electron chi connectivity index (χ1n) is 7.11. The summed E-state index contributed by atoms with van der Waals surface area (Å²) in [5.74, 6) is 0.779. The van der Waals surface area contributed by atoms with E-state index in [1.807, 2.05) is 13.0 Å². The Morgan fingerprint density at radius 1 is 1.25 bits per heavy atom. The Kier molecular flexibility index (Phi) is 4.70. The summed E-state index contributed by atoms with van der Waals surface area (Å²) < 4.78 is 33.2. The van der Waals surface area contributed by atoms with Crippen molar-refractivity contribution in [2.45, 2.75) is 50.5 Å². The molecule has 1 N–H and O–H groups in total. The predicted molar refractivity (Wildman–Crippen MR) is 79.5 cm³/mol. The maximum Gasteiger partial charge on any atom is 0.244 e. The SMILES string of the molecule is COc1ccc(C)cc1S(=O)(=O)N[C@H]1CCCC[C@H]1C. The van der Waals surface area contributed by atoms with Gasteiger partial charge in [-0.1, -0.05) is 25.8 Å². The second-order valence-corrected chi connectivity index (χ2v) is 7.33. The molecule has 1 fully saturated rings. The fourth-order valence-electron chi connectivity index (χ4n) is 2.75. The number of nitrogens with one attached hydrogen (secondary N) is 1. The van der Waals surface area contributed by atoms with Gasteiger partial charge in [0.2, 0.25) is 10.0 Å². The number of hydrogen-bond acceptors (Lipinski definition) is 3. The Bertz CT molecular complexity index is 568. The Morgan fingerprint density at radius 3 is 2.60 bits per heavy atom. The quantitative estimate of drug-likeness (QED) is 0.929. The van der Waals surface area contributed by atoms with E-state index in [0.717, 1.165) is 24.8 Å². The lowest BCUT2D eigenvalue weighted by Crippen LogP contribution is -2.41. The zero-order valence-electron chi connectivity index (χ0n) is 12.3. The van der Waals surface area contributed by atoms with Gasteiger partial charge in [0.05, 0.1) is 7.11 Å². The molecule has 0 heterocycles. The van der Waals surface area contributed by atoms with Crippen molar-refractivity contribution in [2.24, 2.45) is 5.92 Å². The molecule has 0 aromatic heterocycles. The van der Waals surface area contributed by atoms with Crippen LogP contribution in [-0.2, 0) is 10.0 Å². The minimum atomic E-state index is -3.53. The number of ether oxygens (including phenoxy) is 1. The molecular formula is C15H23NO3S. The molecular weight excluding hydrogens is 274 g/mol. The smallest absolute Gasteiger partial charge is 0.244 e. The molecule has 1 aliphatic rings. The van der Waals surface area contributed by atoms with Crippen LogP contribution >= 0.6 is 0 Å². The Morgan fingerprint density at radius 2 is 1.95 bits per heavy atom. The minimum Gasteiger partial charge on any atom is -0.495 e. The summed E-state index contributed by atoms with van der Waals surface area (Å²) in [5.41, 5.74) is 0.905. The Labute approximate surface area is 121 Å². The molecule has 20 heavy (non-hydrogen) atoms. The van der Waals surface area contributed by atoms with Gasteiger partial charge in [-0.15, -0.1) is 0 Å². The Hall–Kier alpha value is -1.07. The highest BCUT2D eigenvalue weighted by molar-refractivity contribution is 7.89. The van der Waals surface area contributed by atoms with Gasteiger partial charge in [-0.2, -0.15) is 0 Å². The van der Waals surface area contributed by atoms with Crippen LogP contribution in [0.4, 0.5) is 0 Å². The number of aryl methyl sites for hydroxylation is 1. The third kappa shape index (κ3) is 3.33. The first-order chi connectivity index (χ1) is 9.44. The maximum absolute atomic E-state index is 12.6. The third-order valence-corrected chi connectivity index (χ3v) is 5.54. The number of rotatable bonds is 4. The highest BCUT2D eigenvalue weighted by atomic mass is 32.2. The average Bonchev–Trinajstić information content (AvgIpc) is 2.41. The highest BCUT2D eigenvalue weighted by Gasteiger charge is 2.28. The molecule has 0 spiro atoms. The van der Waals surface area contributed by atoms with Crippen LogP contribution in [0, 0.1) is 12.8 Å². The van der Waals surface area contributed by atoms with Crippen LogP contribution in [0.2, 0.25) is 0 Å². The second-order valence-electron chi connectivity index (χ2n) is 5.64. The molecule has 1 aromatic rings. The molecule has 0 amide bonds. The zero-order valence-corrected chi connectivity index (χ0v) is 13.2. The van der Waals surface area contributed by atoms with E-state index in [0.29, 0.717) is 11.7 Å². The molecule has 4 nitrogen and oxygen atoms in total. The number of benzene rings is 1. The molecule has 1 aliphatic carbocycles. The van der Waals surface area contributed by atoms with E-state index in [-0.39, 0.29) is 10.9 Å². The lowest BCUT2D eigenvalue weighted by molar-refractivity contribution is 0.310. The van der Waals surface area contributed by atoms with E-state index in [4.69, 9.17) is 4.74 Å². The summed E-state index contributed by atoms with van der Waals surface area (Å²) in [6, 6.07) is 5.24. The molecule has 2 rings (SSSR count). The summed E-state index contributed by atoms with van der Waals surface area (Å²) in [6.45, 7) is 3.99. The first-order valence-corrected chi connectivity index (χ1v) is 8.59. The summed E-state index contributed by atoms with van der Waals surface area (Å²) in [6.07, 6.45) is 4.27. The second kappa shape index (κ2) is 6.14. The van der Waals surface area contributed by atoms with Gasteiger partial charge in [0.1, 0.15) is 10.6 Å². The van der Waals surface area contributed by atoms with Gasteiger partial charge >= 0.3 is 0 Å². The van der Waals surface area contributed by atoms with Crippen LogP contribution in [-0.4, -0.2) is 21.6 Å². The largest absolute Gasteiger partial charge is 0.495 e. The number of sulfonamides is 1. The van der Waals surface area contributed by atoms with Crippen LogP contribution in [0.25, 0.3) is 0 Å². The summed E-state index contributed by atoms with van der Waals surface area (Å²) >= 11 is 0. The Balaban J connectivity index is 2.28. The fraction of sp³-hybridized carbons (Fsp3) is 0.600. The van der Waals surface area contributed by atoms with Crippen LogP contribution < -0.4 is 9.46 Å². The molecule has 0 radical (unpaired) electrons. The summed E-state index contributed by atoms with van der Waals surface area (Å²) in [4.78, 5) is 0.234. The number of hydrogen-bond donors (Lipinski definition) is 1. The van der Waals surface area contributed by atoms with Gasteiger partial charge in [-0.3, -0.25) is 0 Å². The monoisotopic (exact) mass is 297 g/mol. The zero-order chi connectivity index (χ0) is 14.8. The van der Waals surface area contributed by atoms with E-state index in [2.05, 4.69) is 11.6 Å². The van der Waals surface area contributed by atoms with E-state index < -0.39 is 10.0 Å². The maximum atomic E-state index is 12.6. The molecule has 1 saturated carbocycles. The van der Waals surface area contributed by atoms with Gasteiger partial charge in [0.15, 0.2) is 0 Å². The van der Waals surface area contributed by atoms with Crippen LogP contribution in [0.15, 0.2) is 23.1 Å². The molecule has 0 bridgehead atoms. The normalized spacial score (nSPS) is 23.6. The third-order valence-electron chi connectivity index (χ3n) is 4.03. The van der Waals surface area contributed by atoms with Crippen molar-refractivity contribution < 1.29 is 13.2 Å². The van der Waals surface area contributed by atoms with Crippen molar-refractivity contribution in [1.29, 1.82) is 0 Å². The van der Waals surface area contributed by atoms with Crippen LogP contribution in [0.3, 0.4) is 0 Å². The van der Waals surface area contributed by atoms with Crippen molar-refractivity contribution in [3.63, 3.8) is 0 Å². The summed E-state index contributed by atoms with van der Waals surface area (Å²) in [7, 11) is -2.04. The topological polar surface area (TPSA) is 55.4 Å².